The second-order valence-corrected chi connectivity index (χ2v) is 4.36. The number of rotatable bonds is 3. The van der Waals surface area contributed by atoms with E-state index >= 15 is 0 Å². The molecule has 10 heteroatoms. The maximum Gasteiger partial charge on any atom is 0.342 e. The molecule has 0 saturated heterocycles. The van der Waals surface area contributed by atoms with Crippen molar-refractivity contribution in [3.05, 3.63) is 45.2 Å². The standard InChI is InChI=1S/C13H8F2N2O6/c14-3-1-2-4(18)9(15)5(3)6-7(12(20)21)10(16)17-11(19)8(6)13(22)23/h1-2,18H,(H,20,21)(H,22,23)(H3,16,17,19). The zero-order chi connectivity index (χ0) is 17.5. The predicted molar refractivity (Wildman–Crippen MR) is 72.4 cm³/mol. The molecule has 0 fully saturated rings. The molecule has 0 atom stereocenters. The predicted octanol–water partition coefficient (Wildman–Crippen LogP) is 1.00. The number of nitrogen functional groups attached to an aromatic ring is 1. The number of carboxylic acids is 2. The van der Waals surface area contributed by atoms with Crippen LogP contribution in [-0.4, -0.2) is 32.2 Å². The maximum absolute atomic E-state index is 14.1. The van der Waals surface area contributed by atoms with Gasteiger partial charge in [-0.1, -0.05) is 0 Å². The molecule has 2 aromatic rings. The van der Waals surface area contributed by atoms with Gasteiger partial charge in [0, 0.05) is 5.56 Å². The summed E-state index contributed by atoms with van der Waals surface area (Å²) in [6.45, 7) is 0. The third-order valence-electron chi connectivity index (χ3n) is 2.99. The van der Waals surface area contributed by atoms with Crippen LogP contribution >= 0.6 is 0 Å². The molecule has 0 amide bonds. The van der Waals surface area contributed by atoms with E-state index in [9.17, 15) is 28.3 Å². The Morgan fingerprint density at radius 2 is 1.61 bits per heavy atom. The van der Waals surface area contributed by atoms with Crippen LogP contribution < -0.4 is 11.3 Å². The van der Waals surface area contributed by atoms with Crippen LogP contribution in [0.4, 0.5) is 14.6 Å². The number of phenols is 1. The van der Waals surface area contributed by atoms with Gasteiger partial charge in [0.2, 0.25) is 0 Å². The van der Waals surface area contributed by atoms with Crippen molar-refractivity contribution in [3.63, 3.8) is 0 Å². The largest absolute Gasteiger partial charge is 0.505 e. The van der Waals surface area contributed by atoms with Crippen molar-refractivity contribution < 1.29 is 33.7 Å². The van der Waals surface area contributed by atoms with Crippen molar-refractivity contribution in [2.75, 3.05) is 5.73 Å². The first kappa shape index (κ1) is 15.9. The first-order chi connectivity index (χ1) is 10.7. The Morgan fingerprint density at radius 3 is 2.13 bits per heavy atom. The van der Waals surface area contributed by atoms with Crippen LogP contribution in [0, 0.1) is 11.6 Å². The summed E-state index contributed by atoms with van der Waals surface area (Å²) in [6.07, 6.45) is 0. The molecule has 120 valence electrons. The smallest absolute Gasteiger partial charge is 0.342 e. The highest BCUT2D eigenvalue weighted by Gasteiger charge is 2.30. The third kappa shape index (κ3) is 2.46. The number of benzene rings is 1. The van der Waals surface area contributed by atoms with Crippen LogP contribution in [0.3, 0.4) is 0 Å². The van der Waals surface area contributed by atoms with E-state index in [0.717, 1.165) is 0 Å². The summed E-state index contributed by atoms with van der Waals surface area (Å²) in [5, 5.41) is 27.6. The van der Waals surface area contributed by atoms with Gasteiger partial charge in [-0.3, -0.25) is 4.79 Å². The van der Waals surface area contributed by atoms with Gasteiger partial charge in [0.1, 0.15) is 22.8 Å². The van der Waals surface area contributed by atoms with Crippen LogP contribution in [0.25, 0.3) is 11.1 Å². The Balaban J connectivity index is 3.14. The molecular formula is C13H8F2N2O6. The van der Waals surface area contributed by atoms with E-state index in [2.05, 4.69) is 0 Å². The molecule has 2 rings (SSSR count). The van der Waals surface area contributed by atoms with E-state index in [0.29, 0.717) is 12.1 Å². The number of halogens is 2. The van der Waals surface area contributed by atoms with Crippen LogP contribution in [0.5, 0.6) is 5.75 Å². The number of pyridine rings is 1. The molecule has 1 aromatic heterocycles. The van der Waals surface area contributed by atoms with Crippen molar-refractivity contribution in [1.82, 2.24) is 4.98 Å². The number of aromatic nitrogens is 1. The number of anilines is 1. The van der Waals surface area contributed by atoms with Gasteiger partial charge >= 0.3 is 11.9 Å². The van der Waals surface area contributed by atoms with Gasteiger partial charge in [-0.2, -0.15) is 0 Å². The molecule has 0 aliphatic rings. The average molecular weight is 326 g/mol. The quantitative estimate of drug-likeness (QED) is 0.564. The van der Waals surface area contributed by atoms with Crippen molar-refractivity contribution in [2.45, 2.75) is 0 Å². The van der Waals surface area contributed by atoms with Gasteiger partial charge in [0.25, 0.3) is 5.56 Å². The fourth-order valence-corrected chi connectivity index (χ4v) is 2.07. The number of hydrogen-bond donors (Lipinski definition) is 5. The highest BCUT2D eigenvalue weighted by molar-refractivity contribution is 6.07. The summed E-state index contributed by atoms with van der Waals surface area (Å²) < 4.78 is 28.0. The van der Waals surface area contributed by atoms with Gasteiger partial charge in [0.05, 0.1) is 5.56 Å². The van der Waals surface area contributed by atoms with Crippen LogP contribution in [0.15, 0.2) is 16.9 Å². The topological polar surface area (TPSA) is 154 Å². The number of hydrogen-bond acceptors (Lipinski definition) is 5. The molecule has 0 bridgehead atoms. The third-order valence-corrected chi connectivity index (χ3v) is 2.99. The number of nitrogens with one attached hydrogen (secondary N) is 1. The lowest BCUT2D eigenvalue weighted by Gasteiger charge is -2.13. The Kier molecular flexibility index (Phi) is 3.75. The summed E-state index contributed by atoms with van der Waals surface area (Å²) >= 11 is 0. The average Bonchev–Trinajstić information content (AvgIpc) is 2.42. The second kappa shape index (κ2) is 5.40. The zero-order valence-electron chi connectivity index (χ0n) is 11.1. The number of aromatic hydroxyl groups is 1. The fraction of sp³-hybridized carbons (Fsp3) is 0. The zero-order valence-corrected chi connectivity index (χ0v) is 11.1. The number of H-pyrrole nitrogens is 1. The molecule has 0 aliphatic carbocycles. The van der Waals surface area contributed by atoms with Crippen LogP contribution in [0.2, 0.25) is 0 Å². The molecule has 6 N–H and O–H groups in total. The molecule has 1 aromatic carbocycles. The van der Waals surface area contributed by atoms with Crippen molar-refractivity contribution in [2.24, 2.45) is 0 Å². The first-order valence-corrected chi connectivity index (χ1v) is 5.86. The number of aromatic carboxylic acids is 2. The van der Waals surface area contributed by atoms with Gasteiger partial charge in [-0.25, -0.2) is 18.4 Å². The van der Waals surface area contributed by atoms with E-state index in [1.165, 1.54) is 0 Å². The minimum atomic E-state index is -1.93. The van der Waals surface area contributed by atoms with Gasteiger partial charge in [-0.05, 0) is 12.1 Å². The van der Waals surface area contributed by atoms with E-state index in [1.54, 1.807) is 4.98 Å². The van der Waals surface area contributed by atoms with Crippen molar-refractivity contribution in [1.29, 1.82) is 0 Å². The Hall–Kier alpha value is -3.43. The Bertz CT molecular complexity index is 906. The molecule has 0 saturated carbocycles. The second-order valence-electron chi connectivity index (χ2n) is 4.36. The summed E-state index contributed by atoms with van der Waals surface area (Å²) in [5.41, 5.74) is -0.505. The van der Waals surface area contributed by atoms with Gasteiger partial charge in [0.15, 0.2) is 11.6 Å². The van der Waals surface area contributed by atoms with Crippen LogP contribution in [0.1, 0.15) is 20.7 Å². The number of carboxylic acid groups (broad SMARTS) is 2. The molecule has 0 aliphatic heterocycles. The van der Waals surface area contributed by atoms with Gasteiger partial charge in [-0.15, -0.1) is 0 Å². The fourth-order valence-electron chi connectivity index (χ4n) is 2.07. The molecule has 0 spiro atoms. The van der Waals surface area contributed by atoms with Crippen molar-refractivity contribution >= 4 is 17.8 Å². The molecule has 0 radical (unpaired) electrons. The summed E-state index contributed by atoms with van der Waals surface area (Å²) in [5.74, 6) is -8.60. The molecular weight excluding hydrogens is 318 g/mol. The molecule has 8 nitrogen and oxygen atoms in total. The Morgan fingerprint density at radius 1 is 1.04 bits per heavy atom. The summed E-state index contributed by atoms with van der Waals surface area (Å²) in [7, 11) is 0. The lowest BCUT2D eigenvalue weighted by molar-refractivity contribution is 0.0695. The summed E-state index contributed by atoms with van der Waals surface area (Å²) in [4.78, 5) is 36.1. The number of aromatic amines is 1. The van der Waals surface area contributed by atoms with E-state index in [1.807, 2.05) is 0 Å². The highest BCUT2D eigenvalue weighted by atomic mass is 19.1. The normalized spacial score (nSPS) is 10.5. The van der Waals surface area contributed by atoms with E-state index in [-0.39, 0.29) is 0 Å². The highest BCUT2D eigenvalue weighted by Crippen LogP contribution is 2.36. The van der Waals surface area contributed by atoms with Crippen molar-refractivity contribution in [3.8, 4) is 16.9 Å². The SMILES string of the molecule is Nc1[nH]c(=O)c(C(=O)O)c(-c2c(F)ccc(O)c2F)c1C(=O)O. The number of nitrogens with two attached hydrogens (primary N) is 1. The lowest BCUT2D eigenvalue weighted by atomic mass is 9.94. The molecule has 23 heavy (non-hydrogen) atoms. The molecule has 1 heterocycles. The van der Waals surface area contributed by atoms with Crippen LogP contribution in [-0.2, 0) is 0 Å². The van der Waals surface area contributed by atoms with E-state index in [4.69, 9.17) is 15.9 Å². The summed E-state index contributed by atoms with van der Waals surface area (Å²) in [6, 6.07) is 1.23. The minimum absolute atomic E-state index is 0.586. The van der Waals surface area contributed by atoms with E-state index < -0.39 is 63.0 Å². The minimum Gasteiger partial charge on any atom is -0.505 e. The Labute approximate surface area is 125 Å². The van der Waals surface area contributed by atoms with Gasteiger partial charge < -0.3 is 26.0 Å². The first-order valence-electron chi connectivity index (χ1n) is 5.86. The number of phenolic OH excluding ortho intramolecular Hbond substituents is 1. The maximum atomic E-state index is 14.1. The monoisotopic (exact) mass is 326 g/mol. The number of carbonyl (C=O) groups is 2. The molecule has 0 unspecified atom stereocenters. The lowest BCUT2D eigenvalue weighted by Crippen LogP contribution is -2.24.